The van der Waals surface area contributed by atoms with Crippen LogP contribution in [0.25, 0.3) is 0 Å². The number of methoxy groups -OCH3 is 1. The molecule has 102 valence electrons. The average Bonchev–Trinajstić information content (AvgIpc) is 2.29. The first-order chi connectivity index (χ1) is 8.49. The molecule has 0 spiro atoms. The highest BCUT2D eigenvalue weighted by molar-refractivity contribution is 5.53. The average molecular weight is 261 g/mol. The molecule has 2 nitrogen and oxygen atoms in total. The number of halogens is 3. The summed E-state index contributed by atoms with van der Waals surface area (Å²) < 4.78 is 43.4. The number of anilines is 1. The second kappa shape index (κ2) is 6.64. The van der Waals surface area contributed by atoms with Crippen LogP contribution in [0, 0.1) is 0 Å². The van der Waals surface area contributed by atoms with Gasteiger partial charge < -0.3 is 10.1 Å². The van der Waals surface area contributed by atoms with E-state index in [2.05, 4.69) is 5.32 Å². The van der Waals surface area contributed by atoms with Gasteiger partial charge in [-0.1, -0.05) is 25.5 Å². The van der Waals surface area contributed by atoms with Gasteiger partial charge in [-0.3, -0.25) is 0 Å². The lowest BCUT2D eigenvalue weighted by Crippen LogP contribution is -2.26. The molecule has 18 heavy (non-hydrogen) atoms. The molecule has 0 heterocycles. The van der Waals surface area contributed by atoms with Gasteiger partial charge in [-0.25, -0.2) is 0 Å². The Morgan fingerprint density at radius 1 is 1.28 bits per heavy atom. The molecule has 0 aliphatic heterocycles. The molecule has 0 aliphatic rings. The first-order valence-electron chi connectivity index (χ1n) is 5.90. The summed E-state index contributed by atoms with van der Waals surface area (Å²) in [4.78, 5) is 0. The molecule has 1 rings (SSSR count). The van der Waals surface area contributed by atoms with E-state index < -0.39 is 11.7 Å². The minimum absolute atomic E-state index is 0.108. The normalized spacial score (nSPS) is 13.4. The van der Waals surface area contributed by atoms with Gasteiger partial charge in [0.2, 0.25) is 0 Å². The third-order valence-corrected chi connectivity index (χ3v) is 2.60. The maximum absolute atomic E-state index is 12.8. The van der Waals surface area contributed by atoms with E-state index in [-0.39, 0.29) is 11.7 Å². The fraction of sp³-hybridized carbons (Fsp3) is 0.538. The predicted molar refractivity (Wildman–Crippen MR) is 65.6 cm³/mol. The highest BCUT2D eigenvalue weighted by Gasteiger charge is 2.33. The van der Waals surface area contributed by atoms with E-state index in [1.807, 2.05) is 6.92 Å². The largest absolute Gasteiger partial charge is 0.418 e. The lowest BCUT2D eigenvalue weighted by molar-refractivity contribution is -0.137. The number of alkyl halides is 3. The highest BCUT2D eigenvalue weighted by atomic mass is 19.4. The number of hydrogen-bond acceptors (Lipinski definition) is 2. The molecule has 0 fully saturated rings. The molecule has 0 bridgehead atoms. The second-order valence-corrected chi connectivity index (χ2v) is 4.13. The van der Waals surface area contributed by atoms with Crippen molar-refractivity contribution in [1.82, 2.24) is 0 Å². The van der Waals surface area contributed by atoms with Gasteiger partial charge in [0.05, 0.1) is 12.2 Å². The smallest absolute Gasteiger partial charge is 0.383 e. The lowest BCUT2D eigenvalue weighted by atomic mass is 10.1. The van der Waals surface area contributed by atoms with Gasteiger partial charge in [0, 0.05) is 18.8 Å². The standard InChI is InChI=1S/C13H18F3NO/c1-3-6-10(9-18-2)17-12-8-5-4-7-11(12)13(14,15)16/h4-5,7-8,10,17H,3,6,9H2,1-2H3. The number of benzene rings is 1. The van der Waals surface area contributed by atoms with Gasteiger partial charge in [-0.05, 0) is 18.6 Å². The van der Waals surface area contributed by atoms with Crippen LogP contribution in [0.15, 0.2) is 24.3 Å². The Balaban J connectivity index is 2.88. The maximum Gasteiger partial charge on any atom is 0.418 e. The van der Waals surface area contributed by atoms with Crippen LogP contribution in [0.2, 0.25) is 0 Å². The van der Waals surface area contributed by atoms with E-state index in [4.69, 9.17) is 4.74 Å². The number of para-hydroxylation sites is 1. The Kier molecular flexibility index (Phi) is 5.47. The Morgan fingerprint density at radius 3 is 2.50 bits per heavy atom. The van der Waals surface area contributed by atoms with E-state index in [1.54, 1.807) is 13.2 Å². The van der Waals surface area contributed by atoms with E-state index in [0.717, 1.165) is 18.9 Å². The van der Waals surface area contributed by atoms with Crippen LogP contribution in [0.3, 0.4) is 0 Å². The first kappa shape index (κ1) is 14.8. The summed E-state index contributed by atoms with van der Waals surface area (Å²) in [5.41, 5.74) is -0.525. The number of rotatable bonds is 6. The predicted octanol–water partition coefficient (Wildman–Crippen LogP) is 3.93. The van der Waals surface area contributed by atoms with Crippen LogP contribution in [0.4, 0.5) is 18.9 Å². The van der Waals surface area contributed by atoms with Crippen molar-refractivity contribution in [3.05, 3.63) is 29.8 Å². The monoisotopic (exact) mass is 261 g/mol. The van der Waals surface area contributed by atoms with Crippen LogP contribution in [0.1, 0.15) is 25.3 Å². The van der Waals surface area contributed by atoms with Crippen molar-refractivity contribution in [2.75, 3.05) is 19.0 Å². The SMILES string of the molecule is CCCC(COC)Nc1ccccc1C(F)(F)F. The molecule has 0 aromatic heterocycles. The second-order valence-electron chi connectivity index (χ2n) is 4.13. The van der Waals surface area contributed by atoms with Crippen LogP contribution in [0.5, 0.6) is 0 Å². The molecule has 1 aromatic carbocycles. The Labute approximate surface area is 105 Å². The van der Waals surface area contributed by atoms with Crippen molar-refractivity contribution in [2.24, 2.45) is 0 Å². The zero-order chi connectivity index (χ0) is 13.6. The van der Waals surface area contributed by atoms with Crippen molar-refractivity contribution in [2.45, 2.75) is 32.0 Å². The summed E-state index contributed by atoms with van der Waals surface area (Å²) in [6, 6.07) is 5.40. The fourth-order valence-electron chi connectivity index (χ4n) is 1.82. The Hall–Kier alpha value is -1.23. The Morgan fingerprint density at radius 2 is 1.94 bits per heavy atom. The molecule has 1 unspecified atom stereocenters. The van der Waals surface area contributed by atoms with Crippen LogP contribution >= 0.6 is 0 Å². The van der Waals surface area contributed by atoms with Gasteiger partial charge >= 0.3 is 6.18 Å². The van der Waals surface area contributed by atoms with Crippen molar-refractivity contribution in [3.8, 4) is 0 Å². The zero-order valence-electron chi connectivity index (χ0n) is 10.6. The molecule has 5 heteroatoms. The molecule has 0 aliphatic carbocycles. The van der Waals surface area contributed by atoms with Gasteiger partial charge in [0.25, 0.3) is 0 Å². The first-order valence-corrected chi connectivity index (χ1v) is 5.90. The minimum Gasteiger partial charge on any atom is -0.383 e. The maximum atomic E-state index is 12.8. The fourth-order valence-corrected chi connectivity index (χ4v) is 1.82. The number of hydrogen-bond donors (Lipinski definition) is 1. The molecule has 0 saturated carbocycles. The van der Waals surface area contributed by atoms with Crippen molar-refractivity contribution >= 4 is 5.69 Å². The molecule has 1 aromatic rings. The Bertz CT molecular complexity index is 359. The molecular weight excluding hydrogens is 243 g/mol. The summed E-state index contributed by atoms with van der Waals surface area (Å²) in [5, 5.41) is 2.91. The zero-order valence-corrected chi connectivity index (χ0v) is 10.6. The van der Waals surface area contributed by atoms with E-state index in [1.165, 1.54) is 12.1 Å². The molecule has 1 atom stereocenters. The van der Waals surface area contributed by atoms with E-state index in [9.17, 15) is 13.2 Å². The third-order valence-electron chi connectivity index (χ3n) is 2.60. The number of ether oxygens (including phenoxy) is 1. The summed E-state index contributed by atoms with van der Waals surface area (Å²) in [6.07, 6.45) is -2.69. The minimum atomic E-state index is -4.34. The lowest BCUT2D eigenvalue weighted by Gasteiger charge is -2.21. The molecule has 0 saturated heterocycles. The molecule has 0 radical (unpaired) electrons. The highest BCUT2D eigenvalue weighted by Crippen LogP contribution is 2.34. The molecule has 1 N–H and O–H groups in total. The van der Waals surface area contributed by atoms with Crippen LogP contribution < -0.4 is 5.32 Å². The van der Waals surface area contributed by atoms with Crippen molar-refractivity contribution in [3.63, 3.8) is 0 Å². The third kappa shape index (κ3) is 4.22. The van der Waals surface area contributed by atoms with Gasteiger partial charge in [-0.2, -0.15) is 13.2 Å². The summed E-state index contributed by atoms with van der Waals surface area (Å²) in [7, 11) is 1.54. The van der Waals surface area contributed by atoms with E-state index in [0.29, 0.717) is 6.61 Å². The van der Waals surface area contributed by atoms with Crippen LogP contribution in [-0.2, 0) is 10.9 Å². The van der Waals surface area contributed by atoms with E-state index >= 15 is 0 Å². The summed E-state index contributed by atoms with van der Waals surface area (Å²) >= 11 is 0. The number of nitrogens with one attached hydrogen (secondary N) is 1. The van der Waals surface area contributed by atoms with Crippen molar-refractivity contribution < 1.29 is 17.9 Å². The summed E-state index contributed by atoms with van der Waals surface area (Å²) in [5.74, 6) is 0. The van der Waals surface area contributed by atoms with Gasteiger partial charge in [-0.15, -0.1) is 0 Å². The van der Waals surface area contributed by atoms with Crippen LogP contribution in [-0.4, -0.2) is 19.8 Å². The molecule has 0 amide bonds. The quantitative estimate of drug-likeness (QED) is 0.837. The van der Waals surface area contributed by atoms with Gasteiger partial charge in [0.15, 0.2) is 0 Å². The summed E-state index contributed by atoms with van der Waals surface area (Å²) in [6.45, 7) is 2.38. The van der Waals surface area contributed by atoms with Crippen molar-refractivity contribution in [1.29, 1.82) is 0 Å². The topological polar surface area (TPSA) is 21.3 Å². The molecular formula is C13H18F3NO. The van der Waals surface area contributed by atoms with Gasteiger partial charge in [0.1, 0.15) is 0 Å².